The van der Waals surface area contributed by atoms with Gasteiger partial charge in [0.25, 0.3) is 0 Å². The van der Waals surface area contributed by atoms with E-state index in [2.05, 4.69) is 46.4 Å². The SMILES string of the molecule is C=C(CN)COc1ccc(C(C)(C)C)cc1C. The molecule has 0 aliphatic heterocycles. The second-order valence-electron chi connectivity index (χ2n) is 5.47. The van der Waals surface area contributed by atoms with Crippen molar-refractivity contribution >= 4 is 0 Å². The monoisotopic (exact) mass is 233 g/mol. The number of hydrogen-bond donors (Lipinski definition) is 1. The van der Waals surface area contributed by atoms with Gasteiger partial charge in [-0.2, -0.15) is 0 Å². The summed E-state index contributed by atoms with van der Waals surface area (Å²) in [7, 11) is 0. The van der Waals surface area contributed by atoms with Crippen molar-refractivity contribution in [2.24, 2.45) is 5.73 Å². The Morgan fingerprint density at radius 2 is 2.00 bits per heavy atom. The zero-order valence-electron chi connectivity index (χ0n) is 11.3. The van der Waals surface area contributed by atoms with E-state index in [0.717, 1.165) is 16.9 Å². The van der Waals surface area contributed by atoms with Crippen molar-refractivity contribution in [2.75, 3.05) is 13.2 Å². The van der Waals surface area contributed by atoms with Gasteiger partial charge in [0.2, 0.25) is 0 Å². The van der Waals surface area contributed by atoms with Gasteiger partial charge in [-0.15, -0.1) is 0 Å². The molecule has 0 amide bonds. The minimum absolute atomic E-state index is 0.171. The van der Waals surface area contributed by atoms with Crippen LogP contribution >= 0.6 is 0 Å². The van der Waals surface area contributed by atoms with Crippen LogP contribution in [0.4, 0.5) is 0 Å². The molecule has 1 aromatic carbocycles. The summed E-state index contributed by atoms with van der Waals surface area (Å²) in [6.45, 7) is 13.5. The number of ether oxygens (including phenoxy) is 1. The Hall–Kier alpha value is -1.28. The first-order valence-electron chi connectivity index (χ1n) is 5.95. The van der Waals surface area contributed by atoms with E-state index in [1.807, 2.05) is 6.07 Å². The summed E-state index contributed by atoms with van der Waals surface area (Å²) >= 11 is 0. The average Bonchev–Trinajstić information content (AvgIpc) is 2.25. The van der Waals surface area contributed by atoms with Crippen molar-refractivity contribution in [1.29, 1.82) is 0 Å². The van der Waals surface area contributed by atoms with Crippen molar-refractivity contribution in [3.63, 3.8) is 0 Å². The summed E-state index contributed by atoms with van der Waals surface area (Å²) in [6, 6.07) is 6.33. The number of nitrogens with two attached hydrogens (primary N) is 1. The second kappa shape index (κ2) is 5.37. The Labute approximate surface area is 104 Å². The molecule has 2 N–H and O–H groups in total. The van der Waals surface area contributed by atoms with Crippen molar-refractivity contribution in [2.45, 2.75) is 33.1 Å². The van der Waals surface area contributed by atoms with Gasteiger partial charge in [-0.1, -0.05) is 39.5 Å². The second-order valence-corrected chi connectivity index (χ2v) is 5.47. The first-order chi connectivity index (χ1) is 7.84. The fraction of sp³-hybridized carbons (Fsp3) is 0.467. The van der Waals surface area contributed by atoms with Crippen LogP contribution in [0.2, 0.25) is 0 Å². The van der Waals surface area contributed by atoms with Crippen LogP contribution in [-0.2, 0) is 5.41 Å². The molecule has 0 heterocycles. The van der Waals surface area contributed by atoms with Crippen LogP contribution in [0.15, 0.2) is 30.4 Å². The Bertz CT molecular complexity index is 402. The van der Waals surface area contributed by atoms with E-state index in [4.69, 9.17) is 10.5 Å². The van der Waals surface area contributed by atoms with E-state index in [0.29, 0.717) is 13.2 Å². The molecule has 0 fully saturated rings. The van der Waals surface area contributed by atoms with Gasteiger partial charge in [0.15, 0.2) is 0 Å². The van der Waals surface area contributed by atoms with Gasteiger partial charge in [-0.25, -0.2) is 0 Å². The van der Waals surface area contributed by atoms with Gasteiger partial charge >= 0.3 is 0 Å². The van der Waals surface area contributed by atoms with Crippen molar-refractivity contribution in [1.82, 2.24) is 0 Å². The van der Waals surface area contributed by atoms with E-state index < -0.39 is 0 Å². The summed E-state index contributed by atoms with van der Waals surface area (Å²) in [6.07, 6.45) is 0. The van der Waals surface area contributed by atoms with Crippen LogP contribution in [0.3, 0.4) is 0 Å². The molecule has 0 aliphatic rings. The van der Waals surface area contributed by atoms with Crippen molar-refractivity contribution in [3.05, 3.63) is 41.5 Å². The van der Waals surface area contributed by atoms with Gasteiger partial charge in [0.05, 0.1) is 0 Å². The van der Waals surface area contributed by atoms with Gasteiger partial charge in [-0.05, 0) is 35.1 Å². The molecule has 1 aromatic rings. The highest BCUT2D eigenvalue weighted by atomic mass is 16.5. The quantitative estimate of drug-likeness (QED) is 0.811. The third-order valence-electron chi connectivity index (χ3n) is 2.76. The molecule has 2 nitrogen and oxygen atoms in total. The summed E-state index contributed by atoms with van der Waals surface area (Å²) < 4.78 is 5.68. The summed E-state index contributed by atoms with van der Waals surface area (Å²) in [5.41, 5.74) is 9.03. The Kier molecular flexibility index (Phi) is 4.35. The van der Waals surface area contributed by atoms with Crippen LogP contribution in [0.1, 0.15) is 31.9 Å². The molecular weight excluding hydrogens is 210 g/mol. The lowest BCUT2D eigenvalue weighted by Gasteiger charge is -2.20. The highest BCUT2D eigenvalue weighted by Gasteiger charge is 2.14. The number of benzene rings is 1. The minimum Gasteiger partial charge on any atom is -0.489 e. The maximum absolute atomic E-state index is 5.68. The molecule has 0 bridgehead atoms. The molecular formula is C15H23NO. The summed E-state index contributed by atoms with van der Waals surface area (Å²) in [4.78, 5) is 0. The van der Waals surface area contributed by atoms with Crippen molar-refractivity contribution in [3.8, 4) is 5.75 Å². The van der Waals surface area contributed by atoms with Crippen LogP contribution in [0.25, 0.3) is 0 Å². The van der Waals surface area contributed by atoms with Crippen LogP contribution in [0, 0.1) is 6.92 Å². The van der Waals surface area contributed by atoms with Crippen LogP contribution in [-0.4, -0.2) is 13.2 Å². The van der Waals surface area contributed by atoms with E-state index >= 15 is 0 Å². The smallest absolute Gasteiger partial charge is 0.122 e. The minimum atomic E-state index is 0.171. The third kappa shape index (κ3) is 3.90. The van der Waals surface area contributed by atoms with Crippen LogP contribution in [0.5, 0.6) is 5.75 Å². The summed E-state index contributed by atoms with van der Waals surface area (Å²) in [5, 5.41) is 0. The fourth-order valence-electron chi connectivity index (χ4n) is 1.52. The van der Waals surface area contributed by atoms with Gasteiger partial charge in [0.1, 0.15) is 12.4 Å². The summed E-state index contributed by atoms with van der Waals surface area (Å²) in [5.74, 6) is 0.910. The normalized spacial score (nSPS) is 11.4. The molecule has 0 atom stereocenters. The zero-order chi connectivity index (χ0) is 13.1. The Morgan fingerprint density at radius 3 is 2.47 bits per heavy atom. The molecule has 0 aromatic heterocycles. The molecule has 17 heavy (non-hydrogen) atoms. The lowest BCUT2D eigenvalue weighted by molar-refractivity contribution is 0.348. The maximum atomic E-state index is 5.68. The predicted molar refractivity (Wildman–Crippen MR) is 73.6 cm³/mol. The molecule has 0 saturated heterocycles. The van der Waals surface area contributed by atoms with Gasteiger partial charge < -0.3 is 10.5 Å². The first kappa shape index (κ1) is 13.8. The van der Waals surface area contributed by atoms with E-state index in [1.165, 1.54) is 5.56 Å². The number of hydrogen-bond acceptors (Lipinski definition) is 2. The number of rotatable bonds is 4. The molecule has 1 rings (SSSR count). The van der Waals surface area contributed by atoms with Gasteiger partial charge in [-0.3, -0.25) is 0 Å². The molecule has 94 valence electrons. The van der Waals surface area contributed by atoms with Crippen LogP contribution < -0.4 is 10.5 Å². The highest BCUT2D eigenvalue weighted by molar-refractivity contribution is 5.38. The topological polar surface area (TPSA) is 35.2 Å². The predicted octanol–water partition coefficient (Wildman–Crippen LogP) is 3.19. The molecule has 0 unspecified atom stereocenters. The molecule has 2 heteroatoms. The molecule has 0 saturated carbocycles. The largest absolute Gasteiger partial charge is 0.489 e. The Morgan fingerprint density at radius 1 is 1.35 bits per heavy atom. The zero-order valence-corrected chi connectivity index (χ0v) is 11.3. The average molecular weight is 233 g/mol. The molecule has 0 spiro atoms. The van der Waals surface area contributed by atoms with E-state index in [-0.39, 0.29) is 5.41 Å². The fourth-order valence-corrected chi connectivity index (χ4v) is 1.52. The van der Waals surface area contributed by atoms with Crippen molar-refractivity contribution < 1.29 is 4.74 Å². The standard InChI is InChI=1S/C15H23NO/c1-11(9-16)10-17-14-7-6-13(8-12(14)2)15(3,4)5/h6-8H,1,9-10,16H2,2-5H3. The highest BCUT2D eigenvalue weighted by Crippen LogP contribution is 2.27. The number of aryl methyl sites for hydroxylation is 1. The maximum Gasteiger partial charge on any atom is 0.122 e. The lowest BCUT2D eigenvalue weighted by Crippen LogP contribution is -2.12. The Balaban J connectivity index is 2.80. The molecule has 0 aliphatic carbocycles. The van der Waals surface area contributed by atoms with E-state index in [1.54, 1.807) is 0 Å². The lowest BCUT2D eigenvalue weighted by atomic mass is 9.86. The third-order valence-corrected chi connectivity index (χ3v) is 2.76. The van der Waals surface area contributed by atoms with E-state index in [9.17, 15) is 0 Å². The molecule has 0 radical (unpaired) electrons. The first-order valence-corrected chi connectivity index (χ1v) is 5.95. The van der Waals surface area contributed by atoms with Gasteiger partial charge in [0, 0.05) is 6.54 Å².